The second-order valence-electron chi connectivity index (χ2n) is 4.00. The van der Waals surface area contributed by atoms with Crippen molar-refractivity contribution in [2.75, 3.05) is 21.1 Å². The van der Waals surface area contributed by atoms with Crippen molar-refractivity contribution in [2.24, 2.45) is 0 Å². The lowest BCUT2D eigenvalue weighted by Gasteiger charge is -1.98. The van der Waals surface area contributed by atoms with Crippen LogP contribution in [0.3, 0.4) is 0 Å². The van der Waals surface area contributed by atoms with E-state index in [9.17, 15) is 0 Å². The molecule has 0 aromatic heterocycles. The van der Waals surface area contributed by atoms with E-state index in [1.54, 1.807) is 0 Å². The fraction of sp³-hybridized carbons (Fsp3) is 0.200. The molecule has 0 heterocycles. The van der Waals surface area contributed by atoms with E-state index in [0.717, 1.165) is 0 Å². The Morgan fingerprint density at radius 2 is 1.19 bits per heavy atom. The van der Waals surface area contributed by atoms with Crippen molar-refractivity contribution in [1.29, 1.82) is 0 Å². The van der Waals surface area contributed by atoms with E-state index in [2.05, 4.69) is 30.3 Å². The Hall–Kier alpha value is -1.60. The Balaban J connectivity index is 0.000000280. The summed E-state index contributed by atoms with van der Waals surface area (Å²) in [5, 5.41) is 0. The van der Waals surface area contributed by atoms with Gasteiger partial charge in [-0.3, -0.25) is 0 Å². The maximum absolute atomic E-state index is 3.00. The van der Waals surface area contributed by atoms with Gasteiger partial charge in [-0.1, -0.05) is 54.6 Å². The van der Waals surface area contributed by atoms with Crippen molar-refractivity contribution < 1.29 is 0 Å². The number of hydrogen-bond donors (Lipinski definition) is 0. The van der Waals surface area contributed by atoms with Gasteiger partial charge in [0.05, 0.1) is 0 Å². The van der Waals surface area contributed by atoms with Crippen LogP contribution in [0.1, 0.15) is 0 Å². The van der Waals surface area contributed by atoms with E-state index in [-0.39, 0.29) is 0 Å². The van der Waals surface area contributed by atoms with Gasteiger partial charge >= 0.3 is 0 Å². The highest BCUT2D eigenvalue weighted by atomic mass is 15.0. The van der Waals surface area contributed by atoms with E-state index >= 15 is 0 Å². The van der Waals surface area contributed by atoms with Crippen LogP contribution in [-0.4, -0.2) is 26.0 Å². The van der Waals surface area contributed by atoms with E-state index in [4.69, 9.17) is 0 Å². The molecule has 0 atom stereocenters. The van der Waals surface area contributed by atoms with E-state index in [1.807, 2.05) is 56.4 Å². The summed E-state index contributed by atoms with van der Waals surface area (Å²) in [7, 11) is 6.00. The molecule has 0 saturated carbocycles. The summed E-state index contributed by atoms with van der Waals surface area (Å²) in [6.07, 6.45) is 0. The van der Waals surface area contributed by atoms with Gasteiger partial charge in [0.25, 0.3) is 0 Å². The van der Waals surface area contributed by atoms with E-state index in [0.29, 0.717) is 0 Å². The van der Waals surface area contributed by atoms with Crippen LogP contribution in [0.25, 0.3) is 11.1 Å². The van der Waals surface area contributed by atoms with Gasteiger partial charge in [-0.05, 0) is 38.3 Å². The van der Waals surface area contributed by atoms with Crippen LogP contribution in [0.15, 0.2) is 54.6 Å². The third kappa shape index (κ3) is 4.76. The number of nitrogens with zero attached hydrogens (tertiary/aromatic N) is 1. The Kier molecular flexibility index (Phi) is 5.30. The summed E-state index contributed by atoms with van der Waals surface area (Å²) in [4.78, 5) is 2.00. The zero-order valence-electron chi connectivity index (χ0n) is 10.1. The minimum atomic E-state index is 1.24. The Labute approximate surface area is 98.3 Å². The molecule has 0 spiro atoms. The quantitative estimate of drug-likeness (QED) is 0.701. The highest BCUT2D eigenvalue weighted by Gasteiger charge is 1.91. The van der Waals surface area contributed by atoms with Crippen molar-refractivity contribution >= 4 is 0 Å². The Morgan fingerprint density at radius 1 is 0.750 bits per heavy atom. The van der Waals surface area contributed by atoms with Crippen LogP contribution in [0, 0.1) is 6.07 Å². The van der Waals surface area contributed by atoms with Crippen molar-refractivity contribution in [3.8, 4) is 11.1 Å². The molecule has 0 aliphatic heterocycles. The number of hydrogen-bond acceptors (Lipinski definition) is 1. The summed E-state index contributed by atoms with van der Waals surface area (Å²) in [5.41, 5.74) is 2.50. The predicted octanol–water partition coefficient (Wildman–Crippen LogP) is 3.33. The van der Waals surface area contributed by atoms with Crippen LogP contribution in [-0.2, 0) is 0 Å². The predicted molar refractivity (Wildman–Crippen MR) is 70.3 cm³/mol. The molecule has 0 saturated heterocycles. The molecular weight excluding hydrogens is 194 g/mol. The number of rotatable bonds is 1. The summed E-state index contributed by atoms with van der Waals surface area (Å²) in [6.45, 7) is 0. The van der Waals surface area contributed by atoms with Gasteiger partial charge in [0.15, 0.2) is 0 Å². The van der Waals surface area contributed by atoms with Gasteiger partial charge in [0.1, 0.15) is 0 Å². The lowest BCUT2D eigenvalue weighted by Crippen LogP contribution is -1.99. The molecule has 1 heteroatoms. The van der Waals surface area contributed by atoms with Crippen molar-refractivity contribution in [2.45, 2.75) is 0 Å². The molecule has 2 aromatic carbocycles. The SMILES string of the molecule is CN(C)C.[c]1ccc(-c2ccccc2)cc1. The number of benzene rings is 2. The molecular formula is C15H18N. The summed E-state index contributed by atoms with van der Waals surface area (Å²) < 4.78 is 0. The zero-order valence-corrected chi connectivity index (χ0v) is 10.1. The molecule has 1 nitrogen and oxygen atoms in total. The molecule has 0 N–H and O–H groups in total. The molecule has 83 valence electrons. The Morgan fingerprint density at radius 3 is 1.69 bits per heavy atom. The maximum atomic E-state index is 3.00. The first-order valence-electron chi connectivity index (χ1n) is 5.32. The molecule has 16 heavy (non-hydrogen) atoms. The van der Waals surface area contributed by atoms with Crippen LogP contribution in [0.2, 0.25) is 0 Å². The summed E-state index contributed by atoms with van der Waals surface area (Å²) in [5.74, 6) is 0. The highest BCUT2D eigenvalue weighted by molar-refractivity contribution is 5.62. The van der Waals surface area contributed by atoms with Gasteiger partial charge < -0.3 is 4.90 Å². The molecule has 2 aromatic rings. The third-order valence-corrected chi connectivity index (χ3v) is 1.83. The second kappa shape index (κ2) is 6.81. The minimum absolute atomic E-state index is 1.24. The van der Waals surface area contributed by atoms with Crippen LogP contribution in [0.5, 0.6) is 0 Å². The van der Waals surface area contributed by atoms with Crippen molar-refractivity contribution in [3.05, 3.63) is 60.7 Å². The van der Waals surface area contributed by atoms with Gasteiger partial charge in [-0.25, -0.2) is 0 Å². The molecule has 0 amide bonds. The van der Waals surface area contributed by atoms with Crippen LogP contribution < -0.4 is 0 Å². The second-order valence-corrected chi connectivity index (χ2v) is 4.00. The molecule has 0 aliphatic carbocycles. The van der Waals surface area contributed by atoms with Crippen LogP contribution >= 0.6 is 0 Å². The highest BCUT2D eigenvalue weighted by Crippen LogP contribution is 2.16. The average Bonchev–Trinajstić information content (AvgIpc) is 2.31. The van der Waals surface area contributed by atoms with E-state index < -0.39 is 0 Å². The zero-order chi connectivity index (χ0) is 11.8. The van der Waals surface area contributed by atoms with Crippen molar-refractivity contribution in [1.82, 2.24) is 4.90 Å². The first kappa shape index (κ1) is 12.5. The molecule has 1 radical (unpaired) electrons. The maximum Gasteiger partial charge on any atom is -0.0140 e. The van der Waals surface area contributed by atoms with Gasteiger partial charge in [-0.15, -0.1) is 0 Å². The summed E-state index contributed by atoms with van der Waals surface area (Å²) in [6, 6.07) is 21.3. The largest absolute Gasteiger partial charge is 0.312 e. The standard InChI is InChI=1S/C12H9.C3H9N/c1-3-7-11(8-4-1)12-9-5-2-6-10-12;1-4(2)3/h1,3-10H;1-3H3. The lowest BCUT2D eigenvalue weighted by atomic mass is 10.1. The normalized spacial score (nSPS) is 9.50. The minimum Gasteiger partial charge on any atom is -0.312 e. The molecule has 0 unspecified atom stereocenters. The smallest absolute Gasteiger partial charge is 0.0140 e. The molecule has 0 bridgehead atoms. The van der Waals surface area contributed by atoms with Gasteiger partial charge in [0, 0.05) is 0 Å². The monoisotopic (exact) mass is 212 g/mol. The van der Waals surface area contributed by atoms with Crippen LogP contribution in [0.4, 0.5) is 0 Å². The summed E-state index contributed by atoms with van der Waals surface area (Å²) >= 11 is 0. The molecule has 0 aliphatic rings. The Bertz CT molecular complexity index is 338. The average molecular weight is 212 g/mol. The fourth-order valence-corrected chi connectivity index (χ4v) is 1.21. The van der Waals surface area contributed by atoms with Gasteiger partial charge in [-0.2, -0.15) is 0 Å². The van der Waals surface area contributed by atoms with Gasteiger partial charge in [0.2, 0.25) is 0 Å². The van der Waals surface area contributed by atoms with E-state index in [1.165, 1.54) is 11.1 Å². The first-order chi connectivity index (χ1) is 7.70. The first-order valence-corrected chi connectivity index (χ1v) is 5.32. The fourth-order valence-electron chi connectivity index (χ4n) is 1.21. The topological polar surface area (TPSA) is 3.24 Å². The third-order valence-electron chi connectivity index (χ3n) is 1.83. The van der Waals surface area contributed by atoms with Crippen molar-refractivity contribution in [3.63, 3.8) is 0 Å². The molecule has 0 fully saturated rings. The lowest BCUT2D eigenvalue weighted by molar-refractivity contribution is 0.505. The molecule has 2 rings (SSSR count).